The van der Waals surface area contributed by atoms with Crippen molar-refractivity contribution in [3.05, 3.63) is 26.3 Å². The third kappa shape index (κ3) is 1.47. The molecule has 0 bridgehead atoms. The Morgan fingerprint density at radius 3 is 3.08 bits per heavy atom. The number of nitro groups is 1. The lowest BCUT2D eigenvalue weighted by Crippen LogP contribution is -1.92. The van der Waals surface area contributed by atoms with Gasteiger partial charge in [0.1, 0.15) is 0 Å². The molecule has 0 aliphatic carbocycles. The number of hydrogen-bond donors (Lipinski definition) is 0. The zero-order valence-corrected chi connectivity index (χ0v) is 5.62. The van der Waals surface area contributed by atoms with Crippen molar-refractivity contribution in [3.8, 4) is 0 Å². The van der Waals surface area contributed by atoms with Gasteiger partial charge in [0.15, 0.2) is 10.9 Å². The predicted octanol–water partition coefficient (Wildman–Crippen LogP) is 0.788. The summed E-state index contributed by atoms with van der Waals surface area (Å²) in [7, 11) is 0. The van der Waals surface area contributed by atoms with Crippen molar-refractivity contribution in [1.82, 2.24) is 10.3 Å². The molecule has 0 atom stereocenters. The van der Waals surface area contributed by atoms with Crippen LogP contribution in [0.25, 0.3) is 10.4 Å². The summed E-state index contributed by atoms with van der Waals surface area (Å²) in [6.45, 7) is -0.240. The van der Waals surface area contributed by atoms with Gasteiger partial charge in [-0.15, -0.1) is 4.63 Å². The standard InChI is InChI=1S/C3H2N6O3/c4-8-5-1-2-3(9(10)11)7-12-6-2/h1H2. The van der Waals surface area contributed by atoms with Crippen molar-refractivity contribution in [3.63, 3.8) is 0 Å². The molecule has 62 valence electrons. The molecule has 9 nitrogen and oxygen atoms in total. The highest BCUT2D eigenvalue weighted by molar-refractivity contribution is 5.21. The summed E-state index contributed by atoms with van der Waals surface area (Å²) in [5, 5.41) is 19.4. The SMILES string of the molecule is [N-]=[N+]=NCc1nonc1[N+](=O)[O-]. The smallest absolute Gasteiger partial charge is 0.358 e. The Morgan fingerprint density at radius 1 is 1.75 bits per heavy atom. The second-order valence-electron chi connectivity index (χ2n) is 1.68. The topological polar surface area (TPSA) is 131 Å². The van der Waals surface area contributed by atoms with E-state index in [2.05, 4.69) is 25.0 Å². The van der Waals surface area contributed by atoms with Gasteiger partial charge in [0.2, 0.25) is 0 Å². The summed E-state index contributed by atoms with van der Waals surface area (Å²) in [6, 6.07) is 0. The van der Waals surface area contributed by atoms with E-state index in [1.165, 1.54) is 0 Å². The van der Waals surface area contributed by atoms with Gasteiger partial charge in [-0.05, 0) is 15.6 Å². The normalized spacial score (nSPS) is 9.00. The number of aromatic nitrogens is 2. The van der Waals surface area contributed by atoms with Gasteiger partial charge in [-0.2, -0.15) is 0 Å². The summed E-state index contributed by atoms with van der Waals surface area (Å²) in [5.41, 5.74) is 7.82. The fourth-order valence-corrected chi connectivity index (χ4v) is 0.539. The molecule has 0 fully saturated rings. The minimum atomic E-state index is -0.765. The second kappa shape index (κ2) is 3.30. The Labute approximate surface area is 64.7 Å². The number of hydrogen-bond acceptors (Lipinski definition) is 6. The maximum absolute atomic E-state index is 10.2. The third-order valence-electron chi connectivity index (χ3n) is 0.993. The van der Waals surface area contributed by atoms with Crippen LogP contribution in [0.5, 0.6) is 0 Å². The molecule has 0 spiro atoms. The van der Waals surface area contributed by atoms with Gasteiger partial charge in [0.25, 0.3) is 0 Å². The summed E-state index contributed by atoms with van der Waals surface area (Å²) in [5.74, 6) is -0.526. The van der Waals surface area contributed by atoms with E-state index >= 15 is 0 Å². The molecule has 12 heavy (non-hydrogen) atoms. The molecule has 0 amide bonds. The van der Waals surface area contributed by atoms with E-state index < -0.39 is 10.7 Å². The maximum atomic E-state index is 10.2. The molecule has 0 saturated heterocycles. The molecule has 0 aliphatic rings. The summed E-state index contributed by atoms with van der Waals surface area (Å²) in [4.78, 5) is 11.8. The Balaban J connectivity index is 2.91. The molecular weight excluding hydrogens is 168 g/mol. The maximum Gasteiger partial charge on any atom is 0.437 e. The summed E-state index contributed by atoms with van der Waals surface area (Å²) in [6.07, 6.45) is 0. The van der Waals surface area contributed by atoms with Crippen molar-refractivity contribution in [2.45, 2.75) is 6.54 Å². The second-order valence-corrected chi connectivity index (χ2v) is 1.68. The van der Waals surface area contributed by atoms with Crippen LogP contribution in [0.3, 0.4) is 0 Å². The molecule has 0 unspecified atom stereocenters. The average Bonchev–Trinajstić information content (AvgIpc) is 2.48. The van der Waals surface area contributed by atoms with Crippen LogP contribution in [0.15, 0.2) is 9.74 Å². The van der Waals surface area contributed by atoms with E-state index in [9.17, 15) is 10.1 Å². The molecule has 0 aromatic carbocycles. The minimum absolute atomic E-state index is 0.0854. The number of nitrogens with zero attached hydrogens (tertiary/aromatic N) is 6. The van der Waals surface area contributed by atoms with Crippen LogP contribution >= 0.6 is 0 Å². The molecule has 1 heterocycles. The van der Waals surface area contributed by atoms with E-state index in [-0.39, 0.29) is 12.2 Å². The van der Waals surface area contributed by atoms with Crippen LogP contribution in [-0.2, 0) is 6.54 Å². The monoisotopic (exact) mass is 170 g/mol. The van der Waals surface area contributed by atoms with Crippen molar-refractivity contribution in [2.75, 3.05) is 0 Å². The molecule has 1 rings (SSSR count). The number of rotatable bonds is 3. The Kier molecular flexibility index (Phi) is 2.19. The molecule has 0 radical (unpaired) electrons. The fraction of sp³-hybridized carbons (Fsp3) is 0.333. The molecule has 9 heteroatoms. The molecule has 1 aromatic rings. The Bertz CT molecular complexity index is 338. The Morgan fingerprint density at radius 2 is 2.50 bits per heavy atom. The first-order valence-electron chi connectivity index (χ1n) is 2.72. The van der Waals surface area contributed by atoms with Gasteiger partial charge in [-0.1, -0.05) is 5.11 Å². The largest absolute Gasteiger partial charge is 0.437 e. The highest BCUT2D eigenvalue weighted by Crippen LogP contribution is 2.12. The zero-order valence-electron chi connectivity index (χ0n) is 5.62. The van der Waals surface area contributed by atoms with Gasteiger partial charge in [0.05, 0.1) is 6.54 Å². The van der Waals surface area contributed by atoms with Gasteiger partial charge in [-0.3, -0.25) is 0 Å². The summed E-state index contributed by atoms with van der Waals surface area (Å²) >= 11 is 0. The van der Waals surface area contributed by atoms with E-state index in [1.54, 1.807) is 0 Å². The first-order chi connectivity index (χ1) is 5.75. The van der Waals surface area contributed by atoms with Crippen LogP contribution in [0.2, 0.25) is 0 Å². The lowest BCUT2D eigenvalue weighted by molar-refractivity contribution is -0.391. The van der Waals surface area contributed by atoms with Crippen LogP contribution in [-0.4, -0.2) is 15.2 Å². The van der Waals surface area contributed by atoms with Gasteiger partial charge in [0, 0.05) is 4.91 Å². The fourth-order valence-electron chi connectivity index (χ4n) is 0.539. The highest BCUT2D eigenvalue weighted by Gasteiger charge is 2.20. The van der Waals surface area contributed by atoms with Crippen molar-refractivity contribution in [1.29, 1.82) is 0 Å². The quantitative estimate of drug-likeness (QED) is 0.217. The molecule has 0 saturated carbocycles. The van der Waals surface area contributed by atoms with Crippen molar-refractivity contribution in [2.24, 2.45) is 5.11 Å². The molecular formula is C3H2N6O3. The third-order valence-corrected chi connectivity index (χ3v) is 0.993. The molecule has 0 N–H and O–H groups in total. The van der Waals surface area contributed by atoms with Crippen molar-refractivity contribution < 1.29 is 9.55 Å². The van der Waals surface area contributed by atoms with Crippen LogP contribution < -0.4 is 0 Å². The predicted molar refractivity (Wildman–Crippen MR) is 33.8 cm³/mol. The van der Waals surface area contributed by atoms with Crippen molar-refractivity contribution >= 4 is 5.82 Å². The van der Waals surface area contributed by atoms with E-state index in [0.29, 0.717) is 0 Å². The van der Waals surface area contributed by atoms with E-state index in [4.69, 9.17) is 5.53 Å². The van der Waals surface area contributed by atoms with Gasteiger partial charge < -0.3 is 10.1 Å². The average molecular weight is 170 g/mol. The lowest BCUT2D eigenvalue weighted by Gasteiger charge is -1.85. The Hall–Kier alpha value is -2.15. The lowest BCUT2D eigenvalue weighted by atomic mass is 10.4. The van der Waals surface area contributed by atoms with Crippen LogP contribution in [0.1, 0.15) is 5.69 Å². The molecule has 0 aliphatic heterocycles. The number of azide groups is 1. The van der Waals surface area contributed by atoms with Crippen LogP contribution in [0, 0.1) is 10.1 Å². The zero-order chi connectivity index (χ0) is 8.97. The van der Waals surface area contributed by atoms with Crippen LogP contribution in [0.4, 0.5) is 5.82 Å². The highest BCUT2D eigenvalue weighted by atomic mass is 16.6. The van der Waals surface area contributed by atoms with E-state index in [0.717, 1.165) is 0 Å². The molecule has 1 aromatic heterocycles. The van der Waals surface area contributed by atoms with Gasteiger partial charge >= 0.3 is 5.82 Å². The minimum Gasteiger partial charge on any atom is -0.358 e. The first-order valence-corrected chi connectivity index (χ1v) is 2.72. The van der Waals surface area contributed by atoms with Gasteiger partial charge in [-0.25, -0.2) is 0 Å². The summed E-state index contributed by atoms with van der Waals surface area (Å²) < 4.78 is 4.08. The van der Waals surface area contributed by atoms with E-state index in [1.807, 2.05) is 0 Å². The first kappa shape index (κ1) is 7.95.